The van der Waals surface area contributed by atoms with Gasteiger partial charge in [0.15, 0.2) is 0 Å². The number of nitrogens with one attached hydrogen (secondary N) is 1. The molecule has 1 aromatic rings. The SMILES string of the molecule is NC(CNCC(=O)O)Cc1ccccn1. The molecule has 4 N–H and O–H groups in total. The Hall–Kier alpha value is -1.46. The van der Waals surface area contributed by atoms with Crippen LogP contribution in [0.3, 0.4) is 0 Å². The summed E-state index contributed by atoms with van der Waals surface area (Å²) in [5, 5.41) is 11.2. The van der Waals surface area contributed by atoms with E-state index in [1.165, 1.54) is 0 Å². The van der Waals surface area contributed by atoms with Crippen LogP contribution in [-0.2, 0) is 11.2 Å². The summed E-state index contributed by atoms with van der Waals surface area (Å²) in [5.74, 6) is -0.875. The van der Waals surface area contributed by atoms with Gasteiger partial charge in [0.2, 0.25) is 0 Å². The summed E-state index contributed by atoms with van der Waals surface area (Å²) in [6.45, 7) is 0.415. The Bertz CT molecular complexity index is 303. The Morgan fingerprint density at radius 1 is 1.60 bits per heavy atom. The van der Waals surface area contributed by atoms with E-state index in [9.17, 15) is 4.79 Å². The number of hydrogen-bond donors (Lipinski definition) is 3. The fraction of sp³-hybridized carbons (Fsp3) is 0.400. The first kappa shape index (κ1) is 11.6. The van der Waals surface area contributed by atoms with E-state index in [1.807, 2.05) is 18.2 Å². The fourth-order valence-corrected chi connectivity index (χ4v) is 1.22. The Labute approximate surface area is 88.3 Å². The predicted molar refractivity (Wildman–Crippen MR) is 56.4 cm³/mol. The van der Waals surface area contributed by atoms with E-state index in [4.69, 9.17) is 10.8 Å². The highest BCUT2D eigenvalue weighted by Gasteiger charge is 2.05. The van der Waals surface area contributed by atoms with Gasteiger partial charge < -0.3 is 16.2 Å². The number of carboxylic acid groups (broad SMARTS) is 1. The number of rotatable bonds is 6. The van der Waals surface area contributed by atoms with Gasteiger partial charge in [0, 0.05) is 30.9 Å². The predicted octanol–water partition coefficient (Wildman–Crippen LogP) is -0.374. The molecule has 0 aliphatic carbocycles. The minimum absolute atomic E-state index is 0.0596. The molecule has 0 amide bonds. The molecular formula is C10H15N3O2. The van der Waals surface area contributed by atoms with Crippen LogP contribution in [-0.4, -0.2) is 35.2 Å². The number of nitrogens with two attached hydrogens (primary N) is 1. The zero-order valence-electron chi connectivity index (χ0n) is 8.39. The van der Waals surface area contributed by atoms with Gasteiger partial charge in [-0.2, -0.15) is 0 Å². The molecule has 0 saturated carbocycles. The lowest BCUT2D eigenvalue weighted by Crippen LogP contribution is -2.37. The van der Waals surface area contributed by atoms with Gasteiger partial charge in [-0.1, -0.05) is 6.07 Å². The quantitative estimate of drug-likeness (QED) is 0.594. The second-order valence-corrected chi connectivity index (χ2v) is 3.31. The number of aliphatic carboxylic acids is 1. The van der Waals surface area contributed by atoms with Crippen LogP contribution in [0.5, 0.6) is 0 Å². The van der Waals surface area contributed by atoms with Crippen molar-refractivity contribution in [2.24, 2.45) is 5.73 Å². The number of nitrogens with zero attached hydrogens (tertiary/aromatic N) is 1. The molecule has 1 rings (SSSR count). The van der Waals surface area contributed by atoms with Crippen molar-refractivity contribution in [2.75, 3.05) is 13.1 Å². The van der Waals surface area contributed by atoms with Crippen LogP contribution in [0.25, 0.3) is 0 Å². The molecule has 5 nitrogen and oxygen atoms in total. The van der Waals surface area contributed by atoms with Gasteiger partial charge in [0.25, 0.3) is 0 Å². The van der Waals surface area contributed by atoms with Gasteiger partial charge in [0.05, 0.1) is 6.54 Å². The molecule has 1 aromatic heterocycles. The van der Waals surface area contributed by atoms with Crippen LogP contribution in [0, 0.1) is 0 Å². The Balaban J connectivity index is 2.24. The van der Waals surface area contributed by atoms with E-state index >= 15 is 0 Å². The molecule has 0 saturated heterocycles. The summed E-state index contributed by atoms with van der Waals surface area (Å²) in [5.41, 5.74) is 6.72. The zero-order valence-corrected chi connectivity index (χ0v) is 8.39. The highest BCUT2D eigenvalue weighted by Crippen LogP contribution is 1.96. The Kier molecular flexibility index (Phi) is 4.73. The normalized spacial score (nSPS) is 12.3. The van der Waals surface area contributed by atoms with E-state index < -0.39 is 5.97 Å². The van der Waals surface area contributed by atoms with Crippen molar-refractivity contribution in [3.8, 4) is 0 Å². The summed E-state index contributed by atoms with van der Waals surface area (Å²) in [6.07, 6.45) is 2.36. The second-order valence-electron chi connectivity index (χ2n) is 3.31. The van der Waals surface area contributed by atoms with Crippen LogP contribution >= 0.6 is 0 Å². The third-order valence-electron chi connectivity index (χ3n) is 1.88. The van der Waals surface area contributed by atoms with E-state index in [1.54, 1.807) is 6.20 Å². The molecule has 0 aromatic carbocycles. The van der Waals surface area contributed by atoms with Gasteiger partial charge in [-0.3, -0.25) is 9.78 Å². The third kappa shape index (κ3) is 5.09. The molecule has 0 fully saturated rings. The molecule has 1 heterocycles. The molecule has 0 aliphatic heterocycles. The number of aromatic nitrogens is 1. The average molecular weight is 209 g/mol. The summed E-state index contributed by atoms with van der Waals surface area (Å²) < 4.78 is 0. The second kappa shape index (κ2) is 6.10. The minimum Gasteiger partial charge on any atom is -0.480 e. The molecule has 0 radical (unpaired) electrons. The van der Waals surface area contributed by atoms with E-state index in [0.717, 1.165) is 5.69 Å². The highest BCUT2D eigenvalue weighted by atomic mass is 16.4. The third-order valence-corrected chi connectivity index (χ3v) is 1.88. The fourth-order valence-electron chi connectivity index (χ4n) is 1.22. The van der Waals surface area contributed by atoms with E-state index in [-0.39, 0.29) is 12.6 Å². The molecule has 0 spiro atoms. The monoisotopic (exact) mass is 209 g/mol. The topological polar surface area (TPSA) is 88.2 Å². The van der Waals surface area contributed by atoms with Crippen molar-refractivity contribution >= 4 is 5.97 Å². The lowest BCUT2D eigenvalue weighted by molar-refractivity contribution is -0.135. The lowest BCUT2D eigenvalue weighted by Gasteiger charge is -2.10. The molecule has 0 aliphatic rings. The van der Waals surface area contributed by atoms with Gasteiger partial charge >= 0.3 is 5.97 Å². The summed E-state index contributed by atoms with van der Waals surface area (Å²) >= 11 is 0. The highest BCUT2D eigenvalue weighted by molar-refractivity contribution is 5.68. The van der Waals surface area contributed by atoms with Crippen molar-refractivity contribution in [3.63, 3.8) is 0 Å². The molecule has 0 bridgehead atoms. The van der Waals surface area contributed by atoms with Gasteiger partial charge in [-0.15, -0.1) is 0 Å². The molecule has 15 heavy (non-hydrogen) atoms. The maximum absolute atomic E-state index is 10.2. The Morgan fingerprint density at radius 2 is 2.40 bits per heavy atom. The maximum Gasteiger partial charge on any atom is 0.317 e. The number of hydrogen-bond acceptors (Lipinski definition) is 4. The molecular weight excluding hydrogens is 194 g/mol. The van der Waals surface area contributed by atoms with E-state index in [2.05, 4.69) is 10.3 Å². The lowest BCUT2D eigenvalue weighted by atomic mass is 10.1. The van der Waals surface area contributed by atoms with Crippen LogP contribution in [0.1, 0.15) is 5.69 Å². The van der Waals surface area contributed by atoms with Gasteiger partial charge in [-0.05, 0) is 12.1 Å². The van der Waals surface area contributed by atoms with Crippen LogP contribution < -0.4 is 11.1 Å². The molecule has 1 unspecified atom stereocenters. The van der Waals surface area contributed by atoms with Crippen molar-refractivity contribution < 1.29 is 9.90 Å². The van der Waals surface area contributed by atoms with Crippen molar-refractivity contribution in [2.45, 2.75) is 12.5 Å². The average Bonchev–Trinajstić information content (AvgIpc) is 2.18. The molecule has 82 valence electrons. The standard InChI is InChI=1S/C10H15N3O2/c11-8(6-12-7-10(14)15)5-9-3-1-2-4-13-9/h1-4,8,12H,5-7,11H2,(H,14,15). The Morgan fingerprint density at radius 3 is 3.00 bits per heavy atom. The maximum atomic E-state index is 10.2. The first-order valence-electron chi connectivity index (χ1n) is 4.76. The largest absolute Gasteiger partial charge is 0.480 e. The van der Waals surface area contributed by atoms with Gasteiger partial charge in [-0.25, -0.2) is 0 Å². The first-order chi connectivity index (χ1) is 7.18. The summed E-state index contributed by atoms with van der Waals surface area (Å²) in [6, 6.07) is 5.54. The minimum atomic E-state index is -0.875. The summed E-state index contributed by atoms with van der Waals surface area (Å²) in [7, 11) is 0. The van der Waals surface area contributed by atoms with Crippen LogP contribution in [0.2, 0.25) is 0 Å². The van der Waals surface area contributed by atoms with Crippen molar-refractivity contribution in [3.05, 3.63) is 30.1 Å². The van der Waals surface area contributed by atoms with E-state index in [0.29, 0.717) is 13.0 Å². The zero-order chi connectivity index (χ0) is 11.1. The number of pyridine rings is 1. The molecule has 1 atom stereocenters. The first-order valence-corrected chi connectivity index (χ1v) is 4.76. The number of carboxylic acids is 1. The number of carbonyl (C=O) groups is 1. The van der Waals surface area contributed by atoms with Gasteiger partial charge in [0.1, 0.15) is 0 Å². The van der Waals surface area contributed by atoms with Crippen LogP contribution in [0.4, 0.5) is 0 Å². The smallest absolute Gasteiger partial charge is 0.317 e. The molecule has 5 heteroatoms. The summed E-state index contributed by atoms with van der Waals surface area (Å²) in [4.78, 5) is 14.4. The van der Waals surface area contributed by atoms with Crippen LogP contribution in [0.15, 0.2) is 24.4 Å². The van der Waals surface area contributed by atoms with Crippen molar-refractivity contribution in [1.82, 2.24) is 10.3 Å². The van der Waals surface area contributed by atoms with Crippen molar-refractivity contribution in [1.29, 1.82) is 0 Å².